The first kappa shape index (κ1) is 20.2. The zero-order chi connectivity index (χ0) is 16.8. The Hall–Kier alpha value is -0.880. The molecular weight excluding hydrogens is 303 g/mol. The molecule has 0 aromatic heterocycles. The van der Waals surface area contributed by atoms with Crippen LogP contribution in [0.15, 0.2) is 24.3 Å². The van der Waals surface area contributed by atoms with Gasteiger partial charge in [0.2, 0.25) is 0 Å². The van der Waals surface area contributed by atoms with Crippen LogP contribution in [0.5, 0.6) is 0 Å². The molecule has 0 bridgehead atoms. The lowest BCUT2D eigenvalue weighted by atomic mass is 10.0. The highest BCUT2D eigenvalue weighted by molar-refractivity contribution is 7.30. The second kappa shape index (κ2) is 13.5. The normalized spacial score (nSPS) is 10.8. The van der Waals surface area contributed by atoms with Crippen LogP contribution in [0.1, 0.15) is 82.3 Å². The Balaban J connectivity index is 2.01. The number of unbranched alkanes of at least 4 members (excludes halogenated alkanes) is 9. The van der Waals surface area contributed by atoms with Gasteiger partial charge in [0.25, 0.3) is 0 Å². The van der Waals surface area contributed by atoms with Crippen LogP contribution in [-0.4, -0.2) is 6.16 Å². The van der Waals surface area contributed by atoms with Crippen molar-refractivity contribution < 1.29 is 9.13 Å². The lowest BCUT2D eigenvalue weighted by Gasteiger charge is -2.04. The first-order valence-electron chi connectivity index (χ1n) is 9.42. The van der Waals surface area contributed by atoms with Crippen molar-refractivity contribution in [3.8, 4) is 0 Å². The molecule has 2 nitrogen and oxygen atoms in total. The molecule has 1 aromatic carbocycles. The van der Waals surface area contributed by atoms with Gasteiger partial charge in [-0.15, -0.1) is 0 Å². The second-order valence-electron chi connectivity index (χ2n) is 6.55. The largest absolute Gasteiger partial charge is 0.316 e. The average Bonchev–Trinajstić information content (AvgIpc) is 2.55. The Morgan fingerprint density at radius 2 is 1.09 bits per heavy atom. The van der Waals surface area contributed by atoms with Crippen molar-refractivity contribution in [2.75, 3.05) is 6.16 Å². The SMILES string of the molecule is CCCCCCCCCCCCc1ccc(CCP(=O)=O)cc1. The summed E-state index contributed by atoms with van der Waals surface area (Å²) in [7, 11) is -2.25. The molecule has 0 heterocycles. The van der Waals surface area contributed by atoms with Crippen molar-refractivity contribution in [2.24, 2.45) is 0 Å². The fraction of sp³-hybridized carbons (Fsp3) is 0.700. The number of hydrogen-bond donors (Lipinski definition) is 0. The van der Waals surface area contributed by atoms with Crippen LogP contribution in [0.3, 0.4) is 0 Å². The van der Waals surface area contributed by atoms with Gasteiger partial charge in [-0.2, -0.15) is 0 Å². The molecule has 0 amide bonds. The summed E-state index contributed by atoms with van der Waals surface area (Å²) in [5.41, 5.74) is 2.50. The van der Waals surface area contributed by atoms with Gasteiger partial charge in [0.05, 0.1) is 6.16 Å². The topological polar surface area (TPSA) is 34.1 Å². The van der Waals surface area contributed by atoms with E-state index in [1.54, 1.807) is 0 Å². The third-order valence-electron chi connectivity index (χ3n) is 4.43. The highest BCUT2D eigenvalue weighted by Gasteiger charge is 1.98. The molecular formula is C20H33O2P. The molecule has 0 fully saturated rings. The van der Waals surface area contributed by atoms with Crippen molar-refractivity contribution in [3.63, 3.8) is 0 Å². The first-order chi connectivity index (χ1) is 11.2. The summed E-state index contributed by atoms with van der Waals surface area (Å²) in [4.78, 5) is 0. The third-order valence-corrected chi connectivity index (χ3v) is 5.01. The molecule has 1 aromatic rings. The van der Waals surface area contributed by atoms with E-state index < -0.39 is 7.68 Å². The van der Waals surface area contributed by atoms with E-state index in [2.05, 4.69) is 31.2 Å². The quantitative estimate of drug-likeness (QED) is 0.274. The van der Waals surface area contributed by atoms with Crippen molar-refractivity contribution in [2.45, 2.75) is 84.0 Å². The lowest BCUT2D eigenvalue weighted by molar-refractivity contribution is 0.515. The van der Waals surface area contributed by atoms with Crippen LogP contribution < -0.4 is 0 Å². The number of aryl methyl sites for hydroxylation is 2. The van der Waals surface area contributed by atoms with E-state index in [9.17, 15) is 9.13 Å². The van der Waals surface area contributed by atoms with Crippen molar-refractivity contribution in [1.29, 1.82) is 0 Å². The Morgan fingerprint density at radius 1 is 0.652 bits per heavy atom. The van der Waals surface area contributed by atoms with Gasteiger partial charge in [-0.25, -0.2) is 9.13 Å². The van der Waals surface area contributed by atoms with Crippen LogP contribution >= 0.6 is 7.68 Å². The molecule has 23 heavy (non-hydrogen) atoms. The maximum Gasteiger partial charge on any atom is 0.316 e. The molecule has 3 heteroatoms. The monoisotopic (exact) mass is 336 g/mol. The van der Waals surface area contributed by atoms with Crippen molar-refractivity contribution >= 4 is 7.68 Å². The summed E-state index contributed by atoms with van der Waals surface area (Å²) in [6, 6.07) is 8.46. The van der Waals surface area contributed by atoms with Crippen molar-refractivity contribution in [3.05, 3.63) is 35.4 Å². The van der Waals surface area contributed by atoms with Gasteiger partial charge in [-0.3, -0.25) is 0 Å². The highest BCUT2D eigenvalue weighted by atomic mass is 31.1. The summed E-state index contributed by atoms with van der Waals surface area (Å²) in [6.45, 7) is 2.27. The Bertz CT molecular complexity index is 455. The second-order valence-corrected chi connectivity index (χ2v) is 7.67. The predicted octanol–water partition coefficient (Wildman–Crippen LogP) is 6.87. The molecule has 0 aliphatic heterocycles. The van der Waals surface area contributed by atoms with E-state index in [-0.39, 0.29) is 6.16 Å². The molecule has 0 radical (unpaired) electrons. The van der Waals surface area contributed by atoms with E-state index in [1.165, 1.54) is 69.8 Å². The molecule has 0 saturated heterocycles. The van der Waals surface area contributed by atoms with Crippen LogP contribution in [0, 0.1) is 0 Å². The molecule has 0 atom stereocenters. The smallest absolute Gasteiger partial charge is 0.237 e. The molecule has 0 N–H and O–H groups in total. The van der Waals surface area contributed by atoms with Crippen LogP contribution in [0.25, 0.3) is 0 Å². The zero-order valence-corrected chi connectivity index (χ0v) is 15.7. The minimum Gasteiger partial charge on any atom is -0.237 e. The van der Waals surface area contributed by atoms with Crippen molar-refractivity contribution in [1.82, 2.24) is 0 Å². The fourth-order valence-electron chi connectivity index (χ4n) is 2.91. The summed E-state index contributed by atoms with van der Waals surface area (Å²) in [5, 5.41) is 0. The predicted molar refractivity (Wildman–Crippen MR) is 98.9 cm³/mol. The fourth-order valence-corrected chi connectivity index (χ4v) is 3.35. The minimum absolute atomic E-state index is 0.257. The van der Waals surface area contributed by atoms with E-state index in [1.807, 2.05) is 0 Å². The lowest BCUT2D eigenvalue weighted by Crippen LogP contribution is -1.90. The molecule has 0 saturated carbocycles. The Morgan fingerprint density at radius 3 is 1.57 bits per heavy atom. The first-order valence-corrected chi connectivity index (χ1v) is 10.8. The van der Waals surface area contributed by atoms with Gasteiger partial charge in [-0.05, 0) is 30.4 Å². The van der Waals surface area contributed by atoms with E-state index in [0.29, 0.717) is 6.42 Å². The van der Waals surface area contributed by atoms with E-state index >= 15 is 0 Å². The number of rotatable bonds is 14. The van der Waals surface area contributed by atoms with Crippen LogP contribution in [0.4, 0.5) is 0 Å². The average molecular weight is 336 g/mol. The molecule has 1 rings (SSSR count). The standard InChI is InChI=1S/C20H33O2P/c1-2-3-4-5-6-7-8-9-10-11-12-19-13-15-20(16-14-19)17-18-23(21)22/h13-16H,2-12,17-18H2,1H3. The van der Waals surface area contributed by atoms with Gasteiger partial charge in [0.15, 0.2) is 0 Å². The maximum absolute atomic E-state index is 10.6. The van der Waals surface area contributed by atoms with Gasteiger partial charge in [0, 0.05) is 0 Å². The molecule has 0 aliphatic rings. The minimum atomic E-state index is -2.25. The van der Waals surface area contributed by atoms with E-state index in [4.69, 9.17) is 0 Å². The summed E-state index contributed by atoms with van der Waals surface area (Å²) >= 11 is 0. The van der Waals surface area contributed by atoms with Gasteiger partial charge in [0.1, 0.15) is 0 Å². The summed E-state index contributed by atoms with van der Waals surface area (Å²) < 4.78 is 21.2. The molecule has 0 unspecified atom stereocenters. The molecule has 130 valence electrons. The maximum atomic E-state index is 10.6. The third kappa shape index (κ3) is 11.3. The zero-order valence-electron chi connectivity index (χ0n) is 14.8. The van der Waals surface area contributed by atoms with Crippen LogP contribution in [0.2, 0.25) is 0 Å². The van der Waals surface area contributed by atoms with Gasteiger partial charge in [-0.1, -0.05) is 89.0 Å². The van der Waals surface area contributed by atoms with E-state index in [0.717, 1.165) is 12.0 Å². The van der Waals surface area contributed by atoms with Gasteiger partial charge >= 0.3 is 7.68 Å². The number of hydrogen-bond acceptors (Lipinski definition) is 2. The molecule has 0 aliphatic carbocycles. The molecule has 0 spiro atoms. The summed E-state index contributed by atoms with van der Waals surface area (Å²) in [5.74, 6) is 0. The van der Waals surface area contributed by atoms with Crippen LogP contribution in [-0.2, 0) is 22.0 Å². The number of benzene rings is 1. The Labute approximate surface area is 142 Å². The summed E-state index contributed by atoms with van der Waals surface area (Å²) in [6.07, 6.45) is 15.8. The Kier molecular flexibility index (Phi) is 11.9. The van der Waals surface area contributed by atoms with Gasteiger partial charge < -0.3 is 0 Å². The highest BCUT2D eigenvalue weighted by Crippen LogP contribution is 2.14.